The van der Waals surface area contributed by atoms with Crippen molar-refractivity contribution in [1.29, 1.82) is 0 Å². The summed E-state index contributed by atoms with van der Waals surface area (Å²) in [5, 5.41) is 0. The Kier molecular flexibility index (Phi) is 3.75. The molecule has 0 aliphatic carbocycles. The van der Waals surface area contributed by atoms with E-state index in [1.54, 1.807) is 0 Å². The Balaban J connectivity index is 3.33. The SMILES string of the molecule is Cc1nc(C(F)(F)F)cc(OC(F)(F)F)c1CN. The standard InChI is InChI=1S/C9H8F6N2O/c1-4-5(3-16)6(18-9(13,14)15)2-7(17-4)8(10,11)12/h2H,3,16H2,1H3. The summed E-state index contributed by atoms with van der Waals surface area (Å²) < 4.78 is 76.8. The predicted octanol–water partition coefficient (Wildman–Crippen LogP) is 2.77. The Labute approximate surface area is 97.6 Å². The van der Waals surface area contributed by atoms with Crippen LogP contribution in [0.5, 0.6) is 5.75 Å². The Bertz CT molecular complexity index is 440. The molecule has 3 nitrogen and oxygen atoms in total. The smallest absolute Gasteiger partial charge is 0.405 e. The molecule has 0 saturated carbocycles. The number of nitrogens with two attached hydrogens (primary N) is 1. The summed E-state index contributed by atoms with van der Waals surface area (Å²) in [4.78, 5) is 3.15. The molecular formula is C9H8F6N2O. The van der Waals surface area contributed by atoms with Crippen LogP contribution >= 0.6 is 0 Å². The van der Waals surface area contributed by atoms with Gasteiger partial charge in [0.1, 0.15) is 11.4 Å². The van der Waals surface area contributed by atoms with E-state index in [2.05, 4.69) is 9.72 Å². The van der Waals surface area contributed by atoms with Crippen molar-refractivity contribution < 1.29 is 31.1 Å². The molecule has 0 bridgehead atoms. The van der Waals surface area contributed by atoms with E-state index in [9.17, 15) is 26.3 Å². The van der Waals surface area contributed by atoms with E-state index in [0.717, 1.165) is 6.92 Å². The van der Waals surface area contributed by atoms with Crippen LogP contribution in [0.1, 0.15) is 17.0 Å². The first-order valence-electron chi connectivity index (χ1n) is 4.58. The van der Waals surface area contributed by atoms with Crippen molar-refractivity contribution in [2.45, 2.75) is 26.0 Å². The van der Waals surface area contributed by atoms with E-state index in [-0.39, 0.29) is 17.3 Å². The molecular weight excluding hydrogens is 266 g/mol. The van der Waals surface area contributed by atoms with E-state index in [1.807, 2.05) is 0 Å². The maximum Gasteiger partial charge on any atom is 0.573 e. The fourth-order valence-electron chi connectivity index (χ4n) is 1.28. The molecule has 0 atom stereocenters. The van der Waals surface area contributed by atoms with Gasteiger partial charge < -0.3 is 10.5 Å². The van der Waals surface area contributed by atoms with Crippen LogP contribution in [0.2, 0.25) is 0 Å². The Morgan fingerprint density at radius 2 is 1.78 bits per heavy atom. The zero-order chi connectivity index (χ0) is 14.1. The van der Waals surface area contributed by atoms with Gasteiger partial charge in [0, 0.05) is 23.9 Å². The highest BCUT2D eigenvalue weighted by Gasteiger charge is 2.37. The Hall–Kier alpha value is -1.51. The Morgan fingerprint density at radius 1 is 1.22 bits per heavy atom. The van der Waals surface area contributed by atoms with Crippen LogP contribution in [0.4, 0.5) is 26.3 Å². The monoisotopic (exact) mass is 274 g/mol. The lowest BCUT2D eigenvalue weighted by molar-refractivity contribution is -0.275. The number of aryl methyl sites for hydroxylation is 1. The fraction of sp³-hybridized carbons (Fsp3) is 0.444. The van der Waals surface area contributed by atoms with E-state index < -0.39 is 30.5 Å². The predicted molar refractivity (Wildman–Crippen MR) is 48.6 cm³/mol. The molecule has 0 amide bonds. The highest BCUT2D eigenvalue weighted by molar-refractivity contribution is 5.38. The van der Waals surface area contributed by atoms with Crippen molar-refractivity contribution in [2.24, 2.45) is 5.73 Å². The van der Waals surface area contributed by atoms with Crippen LogP contribution in [0.15, 0.2) is 6.07 Å². The summed E-state index contributed by atoms with van der Waals surface area (Å²) in [6, 6.07) is 0.183. The molecule has 0 aromatic carbocycles. The first-order chi connectivity index (χ1) is 8.04. The number of alkyl halides is 6. The van der Waals surface area contributed by atoms with Gasteiger partial charge in [-0.1, -0.05) is 0 Å². The number of halogens is 6. The molecule has 18 heavy (non-hydrogen) atoms. The van der Waals surface area contributed by atoms with Gasteiger partial charge in [0.15, 0.2) is 0 Å². The molecule has 0 aliphatic rings. The third kappa shape index (κ3) is 3.49. The molecule has 0 radical (unpaired) electrons. The van der Waals surface area contributed by atoms with Crippen LogP contribution in [0.3, 0.4) is 0 Å². The molecule has 0 fully saturated rings. The molecule has 1 aromatic rings. The minimum absolute atomic E-state index is 0.183. The molecule has 0 spiro atoms. The minimum atomic E-state index is -5.10. The van der Waals surface area contributed by atoms with E-state index in [0.29, 0.717) is 0 Å². The molecule has 102 valence electrons. The summed E-state index contributed by atoms with van der Waals surface area (Å²) in [5.41, 5.74) is 3.22. The van der Waals surface area contributed by atoms with Crippen molar-refractivity contribution in [3.63, 3.8) is 0 Å². The molecule has 0 unspecified atom stereocenters. The molecule has 1 heterocycles. The average molecular weight is 274 g/mol. The summed E-state index contributed by atoms with van der Waals surface area (Å²) in [6.07, 6.45) is -9.96. The lowest BCUT2D eigenvalue weighted by Gasteiger charge is -2.16. The van der Waals surface area contributed by atoms with Crippen LogP contribution in [-0.4, -0.2) is 11.3 Å². The number of pyridine rings is 1. The molecule has 1 aromatic heterocycles. The van der Waals surface area contributed by atoms with Gasteiger partial charge in [-0.3, -0.25) is 0 Å². The minimum Gasteiger partial charge on any atom is -0.405 e. The highest BCUT2D eigenvalue weighted by Crippen LogP contribution is 2.34. The highest BCUT2D eigenvalue weighted by atomic mass is 19.4. The third-order valence-corrected chi connectivity index (χ3v) is 2.01. The van der Waals surface area contributed by atoms with E-state index in [4.69, 9.17) is 5.73 Å². The average Bonchev–Trinajstić information content (AvgIpc) is 2.13. The topological polar surface area (TPSA) is 48.1 Å². The number of rotatable bonds is 2. The number of aromatic nitrogens is 1. The van der Waals surface area contributed by atoms with Gasteiger partial charge in [-0.05, 0) is 6.92 Å². The molecule has 2 N–H and O–H groups in total. The maximum absolute atomic E-state index is 12.4. The van der Waals surface area contributed by atoms with Gasteiger partial charge in [-0.15, -0.1) is 13.2 Å². The zero-order valence-electron chi connectivity index (χ0n) is 8.99. The lowest BCUT2D eigenvalue weighted by atomic mass is 10.1. The van der Waals surface area contributed by atoms with Gasteiger partial charge in [-0.2, -0.15) is 13.2 Å². The Morgan fingerprint density at radius 3 is 2.17 bits per heavy atom. The summed E-state index contributed by atoms with van der Waals surface area (Å²) in [5.74, 6) is -0.982. The van der Waals surface area contributed by atoms with Crippen LogP contribution in [0.25, 0.3) is 0 Å². The van der Waals surface area contributed by atoms with Gasteiger partial charge >= 0.3 is 12.5 Å². The first kappa shape index (κ1) is 14.6. The third-order valence-electron chi connectivity index (χ3n) is 2.01. The zero-order valence-corrected chi connectivity index (χ0v) is 8.99. The van der Waals surface area contributed by atoms with Crippen LogP contribution in [0, 0.1) is 6.92 Å². The second-order valence-electron chi connectivity index (χ2n) is 3.32. The van der Waals surface area contributed by atoms with Gasteiger partial charge in [0.25, 0.3) is 0 Å². The van der Waals surface area contributed by atoms with Crippen molar-refractivity contribution >= 4 is 0 Å². The maximum atomic E-state index is 12.4. The lowest BCUT2D eigenvalue weighted by Crippen LogP contribution is -2.21. The summed E-state index contributed by atoms with van der Waals surface area (Å²) >= 11 is 0. The van der Waals surface area contributed by atoms with Crippen molar-refractivity contribution in [2.75, 3.05) is 0 Å². The molecule has 0 aliphatic heterocycles. The number of ether oxygens (including phenoxy) is 1. The first-order valence-corrected chi connectivity index (χ1v) is 4.58. The molecule has 0 saturated heterocycles. The largest absolute Gasteiger partial charge is 0.573 e. The van der Waals surface area contributed by atoms with Crippen molar-refractivity contribution in [3.05, 3.63) is 23.0 Å². The summed E-state index contributed by atoms with van der Waals surface area (Å²) in [6.45, 7) is 0.711. The quantitative estimate of drug-likeness (QED) is 0.843. The van der Waals surface area contributed by atoms with Gasteiger partial charge in [-0.25, -0.2) is 4.98 Å². The summed E-state index contributed by atoms with van der Waals surface area (Å²) in [7, 11) is 0. The van der Waals surface area contributed by atoms with Gasteiger partial charge in [0.2, 0.25) is 0 Å². The number of hydrogen-bond donors (Lipinski definition) is 1. The normalized spacial score (nSPS) is 12.7. The van der Waals surface area contributed by atoms with Crippen molar-refractivity contribution in [3.8, 4) is 5.75 Å². The number of nitrogens with zero attached hydrogens (tertiary/aromatic N) is 1. The van der Waals surface area contributed by atoms with Crippen LogP contribution < -0.4 is 10.5 Å². The van der Waals surface area contributed by atoms with E-state index in [1.165, 1.54) is 0 Å². The second-order valence-corrected chi connectivity index (χ2v) is 3.32. The fourth-order valence-corrected chi connectivity index (χ4v) is 1.28. The van der Waals surface area contributed by atoms with Crippen LogP contribution in [-0.2, 0) is 12.7 Å². The molecule has 9 heteroatoms. The second kappa shape index (κ2) is 4.63. The van der Waals surface area contributed by atoms with E-state index >= 15 is 0 Å². The molecule has 1 rings (SSSR count). The van der Waals surface area contributed by atoms with Crippen molar-refractivity contribution in [1.82, 2.24) is 4.98 Å². The van der Waals surface area contributed by atoms with Gasteiger partial charge in [0.05, 0.1) is 0 Å². The number of hydrogen-bond acceptors (Lipinski definition) is 3.